The number of nitrogens with two attached hydrogens (primary N) is 1. The van der Waals surface area contributed by atoms with Crippen LogP contribution in [0.3, 0.4) is 0 Å². The zero-order valence-corrected chi connectivity index (χ0v) is 10.2. The molecule has 2 atom stereocenters. The Hall–Kier alpha value is -0.930. The van der Waals surface area contributed by atoms with Crippen molar-refractivity contribution in [3.8, 4) is 0 Å². The van der Waals surface area contributed by atoms with Crippen molar-refractivity contribution in [3.63, 3.8) is 0 Å². The minimum Gasteiger partial charge on any atom is -0.330 e. The second-order valence-electron chi connectivity index (χ2n) is 4.80. The van der Waals surface area contributed by atoms with Crippen LogP contribution in [0.2, 0.25) is 0 Å². The first-order chi connectivity index (χ1) is 7.72. The fourth-order valence-electron chi connectivity index (χ4n) is 2.69. The molecule has 2 N–H and O–H groups in total. The van der Waals surface area contributed by atoms with Crippen LogP contribution in [0, 0.1) is 12.8 Å². The van der Waals surface area contributed by atoms with Crippen molar-refractivity contribution in [2.75, 3.05) is 20.1 Å². The van der Waals surface area contributed by atoms with E-state index in [1.807, 2.05) is 13.1 Å². The highest BCUT2D eigenvalue weighted by Gasteiger charge is 2.29. The van der Waals surface area contributed by atoms with Crippen molar-refractivity contribution < 1.29 is 0 Å². The van der Waals surface area contributed by atoms with E-state index in [-0.39, 0.29) is 0 Å². The van der Waals surface area contributed by atoms with Crippen molar-refractivity contribution in [2.45, 2.75) is 25.8 Å². The minimum absolute atomic E-state index is 0.451. The number of pyridine rings is 1. The smallest absolute Gasteiger partial charge is 0.0400 e. The highest BCUT2D eigenvalue weighted by molar-refractivity contribution is 5.19. The van der Waals surface area contributed by atoms with E-state index in [0.717, 1.165) is 18.8 Å². The van der Waals surface area contributed by atoms with Crippen LogP contribution < -0.4 is 5.73 Å². The summed E-state index contributed by atoms with van der Waals surface area (Å²) in [5.74, 6) is 0.572. The molecule has 1 aliphatic rings. The van der Waals surface area contributed by atoms with Gasteiger partial charge < -0.3 is 5.73 Å². The maximum absolute atomic E-state index is 5.88. The monoisotopic (exact) mass is 219 g/mol. The molecule has 0 radical (unpaired) electrons. The van der Waals surface area contributed by atoms with Gasteiger partial charge in [0, 0.05) is 17.9 Å². The van der Waals surface area contributed by atoms with E-state index in [1.165, 1.54) is 18.4 Å². The molecule has 1 aliphatic heterocycles. The summed E-state index contributed by atoms with van der Waals surface area (Å²) < 4.78 is 0. The molecule has 1 fully saturated rings. The van der Waals surface area contributed by atoms with E-state index in [0.29, 0.717) is 12.0 Å². The molecule has 2 heterocycles. The van der Waals surface area contributed by atoms with Crippen LogP contribution in [0.1, 0.15) is 30.1 Å². The number of hydrogen-bond donors (Lipinski definition) is 1. The summed E-state index contributed by atoms with van der Waals surface area (Å²) in [6.07, 6.45) is 4.50. The van der Waals surface area contributed by atoms with Crippen molar-refractivity contribution in [2.24, 2.45) is 11.7 Å². The van der Waals surface area contributed by atoms with Crippen LogP contribution in [-0.2, 0) is 0 Å². The summed E-state index contributed by atoms with van der Waals surface area (Å²) in [5.41, 5.74) is 8.26. The molecule has 0 aliphatic carbocycles. The Morgan fingerprint density at radius 3 is 2.94 bits per heavy atom. The zero-order valence-electron chi connectivity index (χ0n) is 10.2. The Bertz CT molecular complexity index is 334. The number of likely N-dealkylation sites (tertiary alicyclic amines) is 1. The Morgan fingerprint density at radius 1 is 1.50 bits per heavy atom. The molecule has 16 heavy (non-hydrogen) atoms. The lowest BCUT2D eigenvalue weighted by Gasteiger charge is -2.38. The van der Waals surface area contributed by atoms with E-state index in [2.05, 4.69) is 29.1 Å². The summed E-state index contributed by atoms with van der Waals surface area (Å²) >= 11 is 0. The molecule has 1 aromatic rings. The number of aryl methyl sites for hydroxylation is 1. The van der Waals surface area contributed by atoms with Gasteiger partial charge in [0.1, 0.15) is 0 Å². The van der Waals surface area contributed by atoms with E-state index >= 15 is 0 Å². The number of rotatable bonds is 2. The molecule has 1 aromatic heterocycles. The fourth-order valence-corrected chi connectivity index (χ4v) is 2.69. The van der Waals surface area contributed by atoms with Gasteiger partial charge in [-0.25, -0.2) is 0 Å². The van der Waals surface area contributed by atoms with E-state index in [9.17, 15) is 0 Å². The average Bonchev–Trinajstić information content (AvgIpc) is 2.30. The molecule has 3 nitrogen and oxygen atoms in total. The highest BCUT2D eigenvalue weighted by Crippen LogP contribution is 2.33. The Labute approximate surface area is 97.7 Å². The van der Waals surface area contributed by atoms with Crippen molar-refractivity contribution in [3.05, 3.63) is 29.6 Å². The summed E-state index contributed by atoms with van der Waals surface area (Å²) in [5, 5.41) is 0. The van der Waals surface area contributed by atoms with Crippen molar-refractivity contribution in [1.29, 1.82) is 0 Å². The predicted octanol–water partition coefficient (Wildman–Crippen LogP) is 1.73. The van der Waals surface area contributed by atoms with Gasteiger partial charge in [-0.1, -0.05) is 6.07 Å². The van der Waals surface area contributed by atoms with Crippen LogP contribution in [0.4, 0.5) is 0 Å². The molecule has 1 saturated heterocycles. The van der Waals surface area contributed by atoms with Crippen molar-refractivity contribution in [1.82, 2.24) is 9.88 Å². The third-order valence-electron chi connectivity index (χ3n) is 3.59. The lowest BCUT2D eigenvalue weighted by atomic mass is 9.85. The lowest BCUT2D eigenvalue weighted by Crippen LogP contribution is -2.39. The van der Waals surface area contributed by atoms with Gasteiger partial charge >= 0.3 is 0 Å². The maximum atomic E-state index is 5.88. The Morgan fingerprint density at radius 2 is 2.31 bits per heavy atom. The minimum atomic E-state index is 0.451. The SMILES string of the molecule is Cc1ccc(C2C(CN)CCCN2C)cn1. The van der Waals surface area contributed by atoms with Crippen LogP contribution >= 0.6 is 0 Å². The number of aromatic nitrogens is 1. The van der Waals surface area contributed by atoms with Crippen LogP contribution in [0.5, 0.6) is 0 Å². The van der Waals surface area contributed by atoms with Gasteiger partial charge in [0.15, 0.2) is 0 Å². The zero-order chi connectivity index (χ0) is 11.5. The molecule has 0 aromatic carbocycles. The summed E-state index contributed by atoms with van der Waals surface area (Å²) in [4.78, 5) is 6.80. The molecule has 0 bridgehead atoms. The van der Waals surface area contributed by atoms with Gasteiger partial charge in [0.25, 0.3) is 0 Å². The normalized spacial score (nSPS) is 26.9. The first kappa shape index (κ1) is 11.6. The third-order valence-corrected chi connectivity index (χ3v) is 3.59. The van der Waals surface area contributed by atoms with Gasteiger partial charge in [-0.2, -0.15) is 0 Å². The molecule has 88 valence electrons. The lowest BCUT2D eigenvalue weighted by molar-refractivity contribution is 0.125. The number of hydrogen-bond acceptors (Lipinski definition) is 3. The third kappa shape index (κ3) is 2.25. The molecule has 0 amide bonds. The quantitative estimate of drug-likeness (QED) is 0.823. The summed E-state index contributed by atoms with van der Waals surface area (Å²) in [6.45, 7) is 3.95. The number of nitrogens with zero attached hydrogens (tertiary/aromatic N) is 2. The first-order valence-corrected chi connectivity index (χ1v) is 6.05. The van der Waals surface area contributed by atoms with Gasteiger partial charge in [-0.3, -0.25) is 9.88 Å². The van der Waals surface area contributed by atoms with Gasteiger partial charge in [0.05, 0.1) is 0 Å². The summed E-state index contributed by atoms with van der Waals surface area (Å²) in [7, 11) is 2.19. The number of piperidine rings is 1. The topological polar surface area (TPSA) is 42.1 Å². The standard InChI is InChI=1S/C13H21N3/c1-10-5-6-12(9-15-10)13-11(8-14)4-3-7-16(13)2/h5-6,9,11,13H,3-4,7-8,14H2,1-2H3. The molecule has 3 heteroatoms. The second-order valence-corrected chi connectivity index (χ2v) is 4.80. The molecular formula is C13H21N3. The Balaban J connectivity index is 2.24. The second kappa shape index (κ2) is 4.93. The average molecular weight is 219 g/mol. The Kier molecular flexibility index (Phi) is 3.56. The molecule has 0 spiro atoms. The van der Waals surface area contributed by atoms with Gasteiger partial charge in [-0.05, 0) is 57.5 Å². The molecule has 2 unspecified atom stereocenters. The van der Waals surface area contributed by atoms with E-state index in [4.69, 9.17) is 5.73 Å². The van der Waals surface area contributed by atoms with Gasteiger partial charge in [0.2, 0.25) is 0 Å². The fraction of sp³-hybridized carbons (Fsp3) is 0.615. The van der Waals surface area contributed by atoms with Crippen LogP contribution in [0.15, 0.2) is 18.3 Å². The first-order valence-electron chi connectivity index (χ1n) is 6.05. The van der Waals surface area contributed by atoms with Crippen molar-refractivity contribution >= 4 is 0 Å². The van der Waals surface area contributed by atoms with Gasteiger partial charge in [-0.15, -0.1) is 0 Å². The largest absolute Gasteiger partial charge is 0.330 e. The molecular weight excluding hydrogens is 198 g/mol. The van der Waals surface area contributed by atoms with Crippen LogP contribution in [-0.4, -0.2) is 30.0 Å². The highest BCUT2D eigenvalue weighted by atomic mass is 15.1. The van der Waals surface area contributed by atoms with Crippen LogP contribution in [0.25, 0.3) is 0 Å². The van der Waals surface area contributed by atoms with E-state index < -0.39 is 0 Å². The maximum Gasteiger partial charge on any atom is 0.0400 e. The summed E-state index contributed by atoms with van der Waals surface area (Å²) in [6, 6.07) is 4.73. The predicted molar refractivity (Wildman–Crippen MR) is 66.1 cm³/mol. The van der Waals surface area contributed by atoms with E-state index in [1.54, 1.807) is 0 Å². The molecule has 2 rings (SSSR count). The molecule has 0 saturated carbocycles.